The molecule has 0 unspecified atom stereocenters. The van der Waals surface area contributed by atoms with Crippen molar-refractivity contribution in [2.75, 3.05) is 19.0 Å². The summed E-state index contributed by atoms with van der Waals surface area (Å²) in [6, 6.07) is 5.71. The first-order valence-electron chi connectivity index (χ1n) is 3.99. The van der Waals surface area contributed by atoms with Crippen LogP contribution in [-0.4, -0.2) is 24.3 Å². The molecule has 1 aromatic heterocycles. The number of fused-ring (bicyclic) bond motifs is 1. The lowest BCUT2D eigenvalue weighted by Crippen LogP contribution is -2.09. The molecular weight excluding hydrogens is 186 g/mol. The van der Waals surface area contributed by atoms with E-state index in [2.05, 4.69) is 10.2 Å². The maximum Gasteiger partial charge on any atom is 0.157 e. The number of hydrogen-bond acceptors (Lipinski definition) is 2. The predicted molar refractivity (Wildman–Crippen MR) is 55.4 cm³/mol. The fraction of sp³-hybridized carbons (Fsp3) is 0.222. The average molecular weight is 196 g/mol. The topological polar surface area (TPSA) is 31.9 Å². The standard InChI is InChI=1S/C9H10ClN3/c1-13(2)9-7-4-3-6(10)5-8(7)11-12-9/h3-5H,1-2H3,(H,11,12). The van der Waals surface area contributed by atoms with Crippen LogP contribution in [0.4, 0.5) is 5.82 Å². The van der Waals surface area contributed by atoms with Crippen molar-refractivity contribution >= 4 is 28.3 Å². The van der Waals surface area contributed by atoms with Crippen molar-refractivity contribution in [2.24, 2.45) is 0 Å². The molecule has 1 heterocycles. The average Bonchev–Trinajstić information content (AvgIpc) is 2.46. The number of hydrogen-bond donors (Lipinski definition) is 1. The Labute approximate surface area is 81.3 Å². The Kier molecular flexibility index (Phi) is 1.88. The minimum absolute atomic E-state index is 0.724. The Hall–Kier alpha value is -1.22. The van der Waals surface area contributed by atoms with E-state index >= 15 is 0 Å². The van der Waals surface area contributed by atoms with Gasteiger partial charge in [0, 0.05) is 24.5 Å². The number of aromatic nitrogens is 2. The first-order valence-corrected chi connectivity index (χ1v) is 4.37. The van der Waals surface area contributed by atoms with Gasteiger partial charge in [-0.05, 0) is 18.2 Å². The predicted octanol–water partition coefficient (Wildman–Crippen LogP) is 2.28. The van der Waals surface area contributed by atoms with Gasteiger partial charge in [-0.15, -0.1) is 0 Å². The third-order valence-electron chi connectivity index (χ3n) is 1.93. The van der Waals surface area contributed by atoms with Crippen LogP contribution in [0.25, 0.3) is 10.9 Å². The lowest BCUT2D eigenvalue weighted by Gasteiger charge is -2.07. The van der Waals surface area contributed by atoms with Crippen LogP contribution in [0.2, 0.25) is 5.02 Å². The Balaban J connectivity index is 2.69. The van der Waals surface area contributed by atoms with E-state index in [0.29, 0.717) is 0 Å². The highest BCUT2D eigenvalue weighted by molar-refractivity contribution is 6.31. The van der Waals surface area contributed by atoms with Crippen LogP contribution in [0, 0.1) is 0 Å². The van der Waals surface area contributed by atoms with E-state index in [1.807, 2.05) is 37.2 Å². The second-order valence-electron chi connectivity index (χ2n) is 3.13. The van der Waals surface area contributed by atoms with Gasteiger partial charge in [0.05, 0.1) is 5.52 Å². The van der Waals surface area contributed by atoms with Gasteiger partial charge in [-0.1, -0.05) is 11.6 Å². The lowest BCUT2D eigenvalue weighted by atomic mass is 10.2. The molecule has 0 aliphatic rings. The van der Waals surface area contributed by atoms with Crippen molar-refractivity contribution in [3.8, 4) is 0 Å². The molecule has 68 valence electrons. The number of aromatic amines is 1. The number of anilines is 1. The summed E-state index contributed by atoms with van der Waals surface area (Å²) in [5.74, 6) is 0.937. The Morgan fingerprint density at radius 2 is 2.15 bits per heavy atom. The molecule has 13 heavy (non-hydrogen) atoms. The summed E-state index contributed by atoms with van der Waals surface area (Å²) in [4.78, 5) is 1.97. The van der Waals surface area contributed by atoms with Gasteiger partial charge in [0.1, 0.15) is 0 Å². The van der Waals surface area contributed by atoms with Gasteiger partial charge in [0.25, 0.3) is 0 Å². The molecule has 0 saturated heterocycles. The largest absolute Gasteiger partial charge is 0.361 e. The highest BCUT2D eigenvalue weighted by Gasteiger charge is 2.06. The summed E-state index contributed by atoms with van der Waals surface area (Å²) in [5, 5.41) is 8.93. The zero-order valence-corrected chi connectivity index (χ0v) is 8.26. The summed E-state index contributed by atoms with van der Waals surface area (Å²) < 4.78 is 0. The molecule has 0 amide bonds. The van der Waals surface area contributed by atoms with Crippen LogP contribution in [0.1, 0.15) is 0 Å². The van der Waals surface area contributed by atoms with E-state index in [0.717, 1.165) is 21.7 Å². The van der Waals surface area contributed by atoms with Crippen LogP contribution >= 0.6 is 11.6 Å². The van der Waals surface area contributed by atoms with Crippen molar-refractivity contribution in [3.05, 3.63) is 23.2 Å². The van der Waals surface area contributed by atoms with Crippen molar-refractivity contribution in [1.82, 2.24) is 10.2 Å². The third kappa shape index (κ3) is 1.35. The van der Waals surface area contributed by atoms with Gasteiger partial charge in [-0.2, -0.15) is 5.10 Å². The van der Waals surface area contributed by atoms with Crippen molar-refractivity contribution in [3.63, 3.8) is 0 Å². The van der Waals surface area contributed by atoms with Crippen LogP contribution in [0.15, 0.2) is 18.2 Å². The van der Waals surface area contributed by atoms with Crippen LogP contribution in [-0.2, 0) is 0 Å². The molecule has 2 aromatic rings. The molecule has 0 radical (unpaired) electrons. The third-order valence-corrected chi connectivity index (χ3v) is 2.16. The fourth-order valence-electron chi connectivity index (χ4n) is 1.32. The smallest absolute Gasteiger partial charge is 0.157 e. The number of nitrogens with one attached hydrogen (secondary N) is 1. The van der Waals surface area contributed by atoms with Gasteiger partial charge in [-0.25, -0.2) is 0 Å². The molecule has 0 atom stereocenters. The van der Waals surface area contributed by atoms with Crippen molar-refractivity contribution < 1.29 is 0 Å². The molecule has 3 nitrogen and oxygen atoms in total. The van der Waals surface area contributed by atoms with Gasteiger partial charge in [0.2, 0.25) is 0 Å². The molecule has 4 heteroatoms. The summed E-state index contributed by atoms with van der Waals surface area (Å²) >= 11 is 5.85. The minimum Gasteiger partial charge on any atom is -0.361 e. The molecule has 0 bridgehead atoms. The van der Waals surface area contributed by atoms with Crippen LogP contribution in [0.3, 0.4) is 0 Å². The van der Waals surface area contributed by atoms with Gasteiger partial charge < -0.3 is 4.90 Å². The molecular formula is C9H10ClN3. The van der Waals surface area contributed by atoms with Gasteiger partial charge in [-0.3, -0.25) is 5.10 Å². The molecule has 0 fully saturated rings. The number of H-pyrrole nitrogens is 1. The zero-order chi connectivity index (χ0) is 9.42. The molecule has 1 N–H and O–H groups in total. The van der Waals surface area contributed by atoms with Crippen LogP contribution in [0.5, 0.6) is 0 Å². The Morgan fingerprint density at radius 1 is 1.38 bits per heavy atom. The van der Waals surface area contributed by atoms with E-state index in [-0.39, 0.29) is 0 Å². The monoisotopic (exact) mass is 195 g/mol. The number of rotatable bonds is 1. The molecule has 1 aromatic carbocycles. The second-order valence-corrected chi connectivity index (χ2v) is 3.57. The Morgan fingerprint density at radius 3 is 2.85 bits per heavy atom. The number of nitrogens with zero attached hydrogens (tertiary/aromatic N) is 2. The quantitative estimate of drug-likeness (QED) is 0.757. The zero-order valence-electron chi connectivity index (χ0n) is 7.50. The van der Waals surface area contributed by atoms with Gasteiger partial charge in [0.15, 0.2) is 5.82 Å². The Bertz CT molecular complexity index is 433. The number of benzene rings is 1. The van der Waals surface area contributed by atoms with E-state index in [9.17, 15) is 0 Å². The lowest BCUT2D eigenvalue weighted by molar-refractivity contribution is 1.02. The van der Waals surface area contributed by atoms with Crippen molar-refractivity contribution in [2.45, 2.75) is 0 Å². The van der Waals surface area contributed by atoms with E-state index in [1.165, 1.54) is 0 Å². The first kappa shape index (κ1) is 8.38. The molecule has 0 aliphatic heterocycles. The summed E-state index contributed by atoms with van der Waals surface area (Å²) in [6.45, 7) is 0. The van der Waals surface area contributed by atoms with E-state index in [4.69, 9.17) is 11.6 Å². The molecule has 2 rings (SSSR count). The van der Waals surface area contributed by atoms with Gasteiger partial charge >= 0.3 is 0 Å². The second kappa shape index (κ2) is 2.92. The minimum atomic E-state index is 0.724. The SMILES string of the molecule is CN(C)c1n[nH]c2cc(Cl)ccc12. The van der Waals surface area contributed by atoms with Crippen molar-refractivity contribution in [1.29, 1.82) is 0 Å². The maximum absolute atomic E-state index is 5.85. The normalized spacial score (nSPS) is 10.7. The first-order chi connectivity index (χ1) is 6.18. The molecule has 0 saturated carbocycles. The summed E-state index contributed by atoms with van der Waals surface area (Å²) in [7, 11) is 3.93. The van der Waals surface area contributed by atoms with E-state index in [1.54, 1.807) is 0 Å². The molecule has 0 aliphatic carbocycles. The van der Waals surface area contributed by atoms with E-state index < -0.39 is 0 Å². The number of halogens is 1. The highest BCUT2D eigenvalue weighted by Crippen LogP contribution is 2.24. The fourth-order valence-corrected chi connectivity index (χ4v) is 1.49. The van der Waals surface area contributed by atoms with Crippen LogP contribution < -0.4 is 4.90 Å². The maximum atomic E-state index is 5.85. The summed E-state index contributed by atoms with van der Waals surface area (Å²) in [6.07, 6.45) is 0. The summed E-state index contributed by atoms with van der Waals surface area (Å²) in [5.41, 5.74) is 0.969. The highest BCUT2D eigenvalue weighted by atomic mass is 35.5. The molecule has 0 spiro atoms.